The maximum absolute atomic E-state index is 11.4. The Bertz CT molecular complexity index is 461. The summed E-state index contributed by atoms with van der Waals surface area (Å²) in [5.41, 5.74) is 16.6. The van der Waals surface area contributed by atoms with Crippen LogP contribution in [0.1, 0.15) is 13.3 Å². The Morgan fingerprint density at radius 1 is 1.47 bits per heavy atom. The number of amides is 1. The van der Waals surface area contributed by atoms with Crippen LogP contribution in [0.3, 0.4) is 0 Å². The number of hydrogen-bond acceptors (Lipinski definition) is 5. The standard InChI is InChI=1S/C11H17N5O/c1-11(10(14)17)4-5-16(6-11)8-3-2-7(12)9(13)15-8/h2-3H,4-6,12H2,1H3,(H2,13,15)(H2,14,17). The van der Waals surface area contributed by atoms with Crippen molar-refractivity contribution in [3.8, 4) is 0 Å². The van der Waals surface area contributed by atoms with E-state index in [2.05, 4.69) is 4.98 Å². The third-order valence-corrected chi connectivity index (χ3v) is 3.33. The number of carbonyl (C=O) groups is 1. The molecule has 0 saturated carbocycles. The van der Waals surface area contributed by atoms with Gasteiger partial charge in [-0.1, -0.05) is 0 Å². The minimum atomic E-state index is -0.488. The number of primary amides is 1. The summed E-state index contributed by atoms with van der Waals surface area (Å²) in [5.74, 6) is 0.778. The van der Waals surface area contributed by atoms with Gasteiger partial charge >= 0.3 is 0 Å². The predicted molar refractivity (Wildman–Crippen MR) is 67.2 cm³/mol. The van der Waals surface area contributed by atoms with Gasteiger partial charge in [-0.3, -0.25) is 4.79 Å². The van der Waals surface area contributed by atoms with Gasteiger partial charge in [0.1, 0.15) is 11.6 Å². The molecule has 1 aliphatic heterocycles. The second-order valence-electron chi connectivity index (χ2n) is 4.74. The van der Waals surface area contributed by atoms with E-state index in [1.165, 1.54) is 0 Å². The van der Waals surface area contributed by atoms with Crippen LogP contribution >= 0.6 is 0 Å². The van der Waals surface area contributed by atoms with E-state index in [9.17, 15) is 4.79 Å². The molecule has 0 spiro atoms. The van der Waals surface area contributed by atoms with Crippen LogP contribution in [-0.4, -0.2) is 24.0 Å². The predicted octanol–water partition coefficient (Wildman–Crippen LogP) is -0.0523. The molecular formula is C11H17N5O. The molecule has 2 rings (SSSR count). The highest BCUT2D eigenvalue weighted by Gasteiger charge is 2.39. The van der Waals surface area contributed by atoms with Crippen molar-refractivity contribution in [1.29, 1.82) is 0 Å². The summed E-state index contributed by atoms with van der Waals surface area (Å²) in [7, 11) is 0. The molecule has 6 N–H and O–H groups in total. The molecule has 1 amide bonds. The molecule has 1 fully saturated rings. The zero-order valence-corrected chi connectivity index (χ0v) is 9.81. The zero-order chi connectivity index (χ0) is 12.6. The summed E-state index contributed by atoms with van der Waals surface area (Å²) in [6, 6.07) is 3.52. The maximum atomic E-state index is 11.4. The Morgan fingerprint density at radius 2 is 2.18 bits per heavy atom. The number of pyridine rings is 1. The average molecular weight is 235 g/mol. The number of nitrogens with zero attached hydrogens (tertiary/aromatic N) is 2. The van der Waals surface area contributed by atoms with Crippen LogP contribution in [0.15, 0.2) is 12.1 Å². The van der Waals surface area contributed by atoms with Gasteiger partial charge in [-0.05, 0) is 25.5 Å². The molecule has 0 aromatic carbocycles. The Morgan fingerprint density at radius 3 is 2.71 bits per heavy atom. The minimum absolute atomic E-state index is 0.275. The average Bonchev–Trinajstić information content (AvgIpc) is 2.67. The van der Waals surface area contributed by atoms with Gasteiger partial charge in [-0.2, -0.15) is 0 Å². The molecule has 0 aliphatic carbocycles. The number of rotatable bonds is 2. The lowest BCUT2D eigenvalue weighted by Crippen LogP contribution is -2.37. The van der Waals surface area contributed by atoms with Gasteiger partial charge in [-0.15, -0.1) is 0 Å². The van der Waals surface area contributed by atoms with E-state index >= 15 is 0 Å². The SMILES string of the molecule is CC1(C(N)=O)CCN(c2ccc(N)c(N)n2)C1. The van der Waals surface area contributed by atoms with Gasteiger partial charge in [0, 0.05) is 13.1 Å². The first-order chi connectivity index (χ1) is 7.92. The summed E-state index contributed by atoms with van der Waals surface area (Å²) in [6.07, 6.45) is 0.730. The topological polar surface area (TPSA) is 111 Å². The van der Waals surface area contributed by atoms with Crippen LogP contribution in [0.2, 0.25) is 0 Å². The van der Waals surface area contributed by atoms with E-state index in [0.29, 0.717) is 18.1 Å². The second-order valence-corrected chi connectivity index (χ2v) is 4.74. The van der Waals surface area contributed by atoms with E-state index in [4.69, 9.17) is 17.2 Å². The van der Waals surface area contributed by atoms with Crippen LogP contribution in [0, 0.1) is 5.41 Å². The molecule has 1 aliphatic rings. The molecule has 1 saturated heterocycles. The quantitative estimate of drug-likeness (QED) is 0.665. The van der Waals surface area contributed by atoms with E-state index < -0.39 is 5.41 Å². The third kappa shape index (κ3) is 1.98. The highest BCUT2D eigenvalue weighted by atomic mass is 16.1. The molecule has 6 heteroatoms. The number of nitrogen functional groups attached to an aromatic ring is 2. The smallest absolute Gasteiger partial charge is 0.225 e. The Labute approximate surface area is 99.8 Å². The zero-order valence-electron chi connectivity index (χ0n) is 9.81. The van der Waals surface area contributed by atoms with Crippen LogP contribution in [0.5, 0.6) is 0 Å². The molecule has 1 aromatic heterocycles. The molecule has 2 heterocycles. The van der Waals surface area contributed by atoms with E-state index in [1.54, 1.807) is 12.1 Å². The molecule has 1 aromatic rings. The number of aromatic nitrogens is 1. The van der Waals surface area contributed by atoms with Gasteiger partial charge in [0.15, 0.2) is 0 Å². The molecular weight excluding hydrogens is 218 g/mol. The lowest BCUT2D eigenvalue weighted by molar-refractivity contribution is -0.125. The molecule has 1 unspecified atom stereocenters. The number of anilines is 3. The first kappa shape index (κ1) is 11.5. The highest BCUT2D eigenvalue weighted by Crippen LogP contribution is 2.32. The van der Waals surface area contributed by atoms with Gasteiger partial charge in [-0.25, -0.2) is 4.98 Å². The Kier molecular flexibility index (Phi) is 2.57. The molecule has 92 valence electrons. The summed E-state index contributed by atoms with van der Waals surface area (Å²) in [5, 5.41) is 0. The van der Waals surface area contributed by atoms with Gasteiger partial charge < -0.3 is 22.1 Å². The van der Waals surface area contributed by atoms with Crippen molar-refractivity contribution in [2.75, 3.05) is 29.5 Å². The minimum Gasteiger partial charge on any atom is -0.396 e. The van der Waals surface area contributed by atoms with Gasteiger partial charge in [0.05, 0.1) is 11.1 Å². The van der Waals surface area contributed by atoms with Crippen LogP contribution in [0.25, 0.3) is 0 Å². The van der Waals surface area contributed by atoms with E-state index in [1.807, 2.05) is 11.8 Å². The molecule has 0 radical (unpaired) electrons. The summed E-state index contributed by atoms with van der Waals surface area (Å²) in [6.45, 7) is 3.19. The van der Waals surface area contributed by atoms with Crippen molar-refractivity contribution < 1.29 is 4.79 Å². The normalized spacial score (nSPS) is 23.9. The lowest BCUT2D eigenvalue weighted by atomic mass is 9.89. The Hall–Kier alpha value is -1.98. The fourth-order valence-electron chi connectivity index (χ4n) is 2.01. The van der Waals surface area contributed by atoms with Crippen LogP contribution < -0.4 is 22.1 Å². The monoisotopic (exact) mass is 235 g/mol. The molecule has 1 atom stereocenters. The summed E-state index contributed by atoms with van der Waals surface area (Å²) < 4.78 is 0. The highest BCUT2D eigenvalue weighted by molar-refractivity contribution is 5.82. The van der Waals surface area contributed by atoms with Crippen molar-refractivity contribution in [3.63, 3.8) is 0 Å². The Balaban J connectivity index is 2.21. The van der Waals surface area contributed by atoms with Crippen LogP contribution in [0.4, 0.5) is 17.3 Å². The van der Waals surface area contributed by atoms with Crippen molar-refractivity contribution in [3.05, 3.63) is 12.1 Å². The first-order valence-corrected chi connectivity index (χ1v) is 5.49. The first-order valence-electron chi connectivity index (χ1n) is 5.49. The van der Waals surface area contributed by atoms with E-state index in [-0.39, 0.29) is 5.91 Å². The van der Waals surface area contributed by atoms with Crippen LogP contribution in [-0.2, 0) is 4.79 Å². The van der Waals surface area contributed by atoms with Gasteiger partial charge in [0.25, 0.3) is 0 Å². The van der Waals surface area contributed by atoms with Crippen molar-refractivity contribution in [2.45, 2.75) is 13.3 Å². The number of hydrogen-bond donors (Lipinski definition) is 3. The number of carbonyl (C=O) groups excluding carboxylic acids is 1. The second kappa shape index (κ2) is 3.80. The third-order valence-electron chi connectivity index (χ3n) is 3.33. The van der Waals surface area contributed by atoms with E-state index in [0.717, 1.165) is 18.8 Å². The van der Waals surface area contributed by atoms with Crippen molar-refractivity contribution in [2.24, 2.45) is 11.1 Å². The fourth-order valence-corrected chi connectivity index (χ4v) is 2.01. The van der Waals surface area contributed by atoms with Crippen molar-refractivity contribution >= 4 is 23.2 Å². The van der Waals surface area contributed by atoms with Gasteiger partial charge in [0.2, 0.25) is 5.91 Å². The fraction of sp³-hybridized carbons (Fsp3) is 0.455. The maximum Gasteiger partial charge on any atom is 0.225 e. The number of nitrogens with two attached hydrogens (primary N) is 3. The summed E-state index contributed by atoms with van der Waals surface area (Å²) >= 11 is 0. The lowest BCUT2D eigenvalue weighted by Gasteiger charge is -2.22. The largest absolute Gasteiger partial charge is 0.396 e. The molecule has 6 nitrogen and oxygen atoms in total. The molecule has 0 bridgehead atoms. The van der Waals surface area contributed by atoms with Crippen molar-refractivity contribution in [1.82, 2.24) is 4.98 Å². The summed E-state index contributed by atoms with van der Waals surface area (Å²) in [4.78, 5) is 17.6. The molecule has 17 heavy (non-hydrogen) atoms.